The van der Waals surface area contributed by atoms with E-state index in [2.05, 4.69) is 37.5 Å². The Morgan fingerprint density at radius 3 is 2.58 bits per heavy atom. The molecule has 1 amide bonds. The number of amides is 1. The van der Waals surface area contributed by atoms with Crippen molar-refractivity contribution in [3.63, 3.8) is 0 Å². The second kappa shape index (κ2) is 14.0. The Kier molecular flexibility index (Phi) is 10.1. The Morgan fingerprint density at radius 1 is 1.10 bits per heavy atom. The van der Waals surface area contributed by atoms with Crippen LogP contribution in [0.2, 0.25) is 0 Å². The third kappa shape index (κ3) is 7.95. The highest BCUT2D eigenvalue weighted by molar-refractivity contribution is 6.04. The fourth-order valence-corrected chi connectivity index (χ4v) is 5.32. The summed E-state index contributed by atoms with van der Waals surface area (Å²) < 4.78 is 60.9. The first-order chi connectivity index (χ1) is 22.8. The highest BCUT2D eigenvalue weighted by Crippen LogP contribution is 2.39. The average Bonchev–Trinajstić information content (AvgIpc) is 3.66. The number of likely N-dealkylation sites (N-methyl/N-ethyl adjacent to an activating group) is 2. The van der Waals surface area contributed by atoms with Gasteiger partial charge in [0.1, 0.15) is 11.5 Å². The quantitative estimate of drug-likeness (QED) is 0.151. The Balaban J connectivity index is 1.31. The molecule has 13 heteroatoms. The number of nitrogens with one attached hydrogen (secondary N) is 2. The molecule has 0 aliphatic heterocycles. The van der Waals surface area contributed by atoms with Crippen LogP contribution in [0.25, 0.3) is 5.65 Å². The van der Waals surface area contributed by atoms with E-state index in [1.54, 1.807) is 41.6 Å². The number of carbonyl (C=O) groups excluding carboxylic acids is 1. The second-order valence-corrected chi connectivity index (χ2v) is 12.2. The van der Waals surface area contributed by atoms with Crippen molar-refractivity contribution < 1.29 is 22.4 Å². The van der Waals surface area contributed by atoms with E-state index in [0.717, 1.165) is 30.5 Å². The summed E-state index contributed by atoms with van der Waals surface area (Å²) in [7, 11) is 5.54. The molecule has 5 rings (SSSR count). The molecule has 0 bridgehead atoms. The third-order valence-corrected chi connectivity index (χ3v) is 8.30. The van der Waals surface area contributed by atoms with E-state index in [1.807, 2.05) is 44.2 Å². The molecular weight excluding hydrogens is 624 g/mol. The van der Waals surface area contributed by atoms with Crippen molar-refractivity contribution >= 4 is 28.6 Å². The first kappa shape index (κ1) is 34.4. The molecule has 2 N–H and O–H groups in total. The molecule has 3 heterocycles. The summed E-state index contributed by atoms with van der Waals surface area (Å²) in [6.07, 6.45) is 4.69. The van der Waals surface area contributed by atoms with Gasteiger partial charge < -0.3 is 20.4 Å². The monoisotopic (exact) mass is 662 g/mol. The van der Waals surface area contributed by atoms with Gasteiger partial charge in [0.2, 0.25) is 0 Å². The summed E-state index contributed by atoms with van der Waals surface area (Å²) in [5.74, 6) is 4.82. The minimum Gasteiger partial charge on any atom is -0.350 e. The van der Waals surface area contributed by atoms with Gasteiger partial charge >= 0.3 is 6.18 Å². The van der Waals surface area contributed by atoms with Crippen LogP contribution in [-0.2, 0) is 24.6 Å². The Labute approximate surface area is 276 Å². The van der Waals surface area contributed by atoms with Crippen LogP contribution >= 0.6 is 0 Å². The van der Waals surface area contributed by atoms with Crippen molar-refractivity contribution in [3.05, 3.63) is 95.5 Å². The third-order valence-electron chi connectivity index (χ3n) is 8.30. The van der Waals surface area contributed by atoms with Gasteiger partial charge in [0.15, 0.2) is 5.65 Å². The lowest BCUT2D eigenvalue weighted by Gasteiger charge is -2.26. The van der Waals surface area contributed by atoms with E-state index in [0.29, 0.717) is 17.9 Å². The summed E-state index contributed by atoms with van der Waals surface area (Å²) in [6.45, 7) is 5.86. The smallest absolute Gasteiger partial charge is 0.350 e. The Morgan fingerprint density at radius 2 is 1.88 bits per heavy atom. The van der Waals surface area contributed by atoms with Gasteiger partial charge in [-0.15, -0.1) is 0 Å². The molecule has 252 valence electrons. The van der Waals surface area contributed by atoms with Crippen molar-refractivity contribution in [3.8, 4) is 11.8 Å². The number of hydrogen-bond acceptors (Lipinski definition) is 6. The van der Waals surface area contributed by atoms with Gasteiger partial charge in [0.25, 0.3) is 5.91 Å². The van der Waals surface area contributed by atoms with Crippen LogP contribution in [0.4, 0.5) is 34.6 Å². The highest BCUT2D eigenvalue weighted by atomic mass is 19.4. The van der Waals surface area contributed by atoms with Crippen molar-refractivity contribution in [2.24, 2.45) is 12.5 Å². The molecule has 1 unspecified atom stereocenters. The van der Waals surface area contributed by atoms with E-state index < -0.39 is 28.9 Å². The fraction of sp³-hybridized carbons (Fsp3) is 0.343. The Bertz CT molecular complexity index is 1930. The second-order valence-electron chi connectivity index (χ2n) is 12.2. The average molecular weight is 663 g/mol. The molecule has 1 aromatic carbocycles. The van der Waals surface area contributed by atoms with E-state index in [-0.39, 0.29) is 29.8 Å². The van der Waals surface area contributed by atoms with Crippen LogP contribution in [0.3, 0.4) is 0 Å². The number of aromatic nitrogens is 4. The number of nitrogens with zero attached hydrogens (tertiary/aromatic N) is 6. The topological polar surface area (TPSA) is 82.7 Å². The maximum Gasteiger partial charge on any atom is 0.416 e. The van der Waals surface area contributed by atoms with Gasteiger partial charge in [0.05, 0.1) is 34.7 Å². The first-order valence-corrected chi connectivity index (χ1v) is 15.5. The summed E-state index contributed by atoms with van der Waals surface area (Å²) in [6, 6.07) is 7.48. The molecule has 9 nitrogen and oxygen atoms in total. The van der Waals surface area contributed by atoms with Crippen LogP contribution in [0, 0.1) is 17.3 Å². The number of rotatable bonds is 10. The molecule has 0 saturated heterocycles. The standard InChI is InChI=1S/C35H38F4N8O/c1-6-44(3)16-17-45(4)22-25-9-11-26(18-29(25)35(37,38)39)43-33(48)24-10-12-31(36)34(2,19-24)14-13-28-21-40-32-30(8-7-15-47(28)32)42-27-20-41-46(5)23-27/h7-12,15,18,20-21,23,42H,6,16-17,19,22H2,1-5H3,(H,43,48). The number of halogens is 4. The number of hydrogen-bond donors (Lipinski definition) is 2. The van der Waals surface area contributed by atoms with Crippen LogP contribution in [0.15, 0.2) is 78.7 Å². The van der Waals surface area contributed by atoms with Crippen molar-refractivity contribution in [1.82, 2.24) is 29.0 Å². The van der Waals surface area contributed by atoms with E-state index in [9.17, 15) is 18.0 Å². The lowest BCUT2D eigenvalue weighted by Crippen LogP contribution is -2.31. The minimum atomic E-state index is -4.62. The number of aryl methyl sites for hydroxylation is 1. The molecular formula is C35H38F4N8O. The van der Waals surface area contributed by atoms with Crippen LogP contribution < -0.4 is 10.6 Å². The van der Waals surface area contributed by atoms with Gasteiger partial charge in [-0.1, -0.05) is 25.0 Å². The van der Waals surface area contributed by atoms with E-state index >= 15 is 4.39 Å². The largest absolute Gasteiger partial charge is 0.416 e. The summed E-state index contributed by atoms with van der Waals surface area (Å²) in [5.41, 5.74) is 0.748. The van der Waals surface area contributed by atoms with Gasteiger partial charge in [0, 0.05) is 56.8 Å². The fourth-order valence-electron chi connectivity index (χ4n) is 5.32. The number of fused-ring (bicyclic) bond motifs is 1. The molecule has 0 saturated carbocycles. The van der Waals surface area contributed by atoms with Crippen LogP contribution in [0.1, 0.15) is 37.1 Å². The highest BCUT2D eigenvalue weighted by Gasteiger charge is 2.35. The van der Waals surface area contributed by atoms with Crippen molar-refractivity contribution in [2.45, 2.75) is 33.0 Å². The molecule has 1 aliphatic carbocycles. The van der Waals surface area contributed by atoms with E-state index in [1.165, 1.54) is 24.3 Å². The zero-order chi connectivity index (χ0) is 34.6. The SMILES string of the molecule is CCN(C)CCN(C)Cc1ccc(NC(=O)C2=CC=C(F)C(C)(C#Cc3cnc4c(Nc5cnn(C)c5)cccn34)C2)cc1C(F)(F)F. The summed E-state index contributed by atoms with van der Waals surface area (Å²) in [5, 5.41) is 10.00. The van der Waals surface area contributed by atoms with Gasteiger partial charge in [-0.25, -0.2) is 9.37 Å². The lowest BCUT2D eigenvalue weighted by atomic mass is 9.79. The number of alkyl halides is 3. The number of benzene rings is 1. The van der Waals surface area contributed by atoms with Crippen molar-refractivity contribution in [2.75, 3.05) is 44.4 Å². The number of anilines is 3. The molecule has 0 radical (unpaired) electrons. The zero-order valence-corrected chi connectivity index (χ0v) is 27.5. The summed E-state index contributed by atoms with van der Waals surface area (Å²) in [4.78, 5) is 21.7. The molecule has 3 aromatic heterocycles. The Hall–Kier alpha value is -4.93. The first-order valence-electron chi connectivity index (χ1n) is 15.5. The van der Waals surface area contributed by atoms with E-state index in [4.69, 9.17) is 0 Å². The normalized spacial score (nSPS) is 16.5. The summed E-state index contributed by atoms with van der Waals surface area (Å²) >= 11 is 0. The molecule has 0 spiro atoms. The number of imidazole rings is 1. The maximum atomic E-state index is 15.2. The lowest BCUT2D eigenvalue weighted by molar-refractivity contribution is -0.138. The molecule has 1 atom stereocenters. The molecule has 1 aliphatic rings. The van der Waals surface area contributed by atoms with Gasteiger partial charge in [-0.05, 0) is 69.4 Å². The van der Waals surface area contributed by atoms with Crippen LogP contribution in [-0.4, -0.2) is 68.6 Å². The minimum absolute atomic E-state index is 0.00501. The van der Waals surface area contributed by atoms with Crippen molar-refractivity contribution in [1.29, 1.82) is 0 Å². The number of carbonyl (C=O) groups is 1. The predicted octanol–water partition coefficient (Wildman–Crippen LogP) is 6.39. The number of allylic oxidation sites excluding steroid dienone is 3. The maximum absolute atomic E-state index is 15.2. The van der Waals surface area contributed by atoms with Crippen LogP contribution in [0.5, 0.6) is 0 Å². The molecule has 4 aromatic rings. The number of pyridine rings is 1. The molecule has 0 fully saturated rings. The predicted molar refractivity (Wildman–Crippen MR) is 178 cm³/mol. The van der Waals surface area contributed by atoms with Gasteiger partial charge in [-0.3, -0.25) is 13.9 Å². The zero-order valence-electron chi connectivity index (χ0n) is 27.5. The van der Waals surface area contributed by atoms with Gasteiger partial charge in [-0.2, -0.15) is 18.3 Å². The molecule has 48 heavy (non-hydrogen) atoms.